The van der Waals surface area contributed by atoms with Gasteiger partial charge in [-0.15, -0.1) is 0 Å². The van der Waals surface area contributed by atoms with Crippen molar-refractivity contribution in [1.82, 2.24) is 9.80 Å². The van der Waals surface area contributed by atoms with Crippen LogP contribution in [0.3, 0.4) is 0 Å². The monoisotopic (exact) mass is 396 g/mol. The van der Waals surface area contributed by atoms with Crippen molar-refractivity contribution in [3.63, 3.8) is 0 Å². The molecular weight excluding hydrogens is 360 g/mol. The Labute approximate surface area is 175 Å². The number of rotatable bonds is 3. The van der Waals surface area contributed by atoms with Crippen LogP contribution in [-0.4, -0.2) is 54.1 Å². The van der Waals surface area contributed by atoms with Gasteiger partial charge in [0.15, 0.2) is 0 Å². The maximum Gasteiger partial charge on any atom is 0.226 e. The van der Waals surface area contributed by atoms with Crippen LogP contribution in [0.25, 0.3) is 0 Å². The Morgan fingerprint density at radius 3 is 2.59 bits per heavy atom. The van der Waals surface area contributed by atoms with Crippen LogP contribution in [0.15, 0.2) is 24.3 Å². The van der Waals surface area contributed by atoms with Crippen LogP contribution in [0.4, 0.5) is 0 Å². The predicted octanol–water partition coefficient (Wildman–Crippen LogP) is 4.02. The summed E-state index contributed by atoms with van der Waals surface area (Å²) in [5, 5.41) is 0. The van der Waals surface area contributed by atoms with Crippen LogP contribution in [0.5, 0.6) is 0 Å². The number of amides is 1. The first-order chi connectivity index (χ1) is 14.2. The Hall–Kier alpha value is -1.39. The van der Waals surface area contributed by atoms with E-state index in [4.69, 9.17) is 4.74 Å². The number of benzene rings is 1. The van der Waals surface area contributed by atoms with Crippen molar-refractivity contribution in [2.45, 2.75) is 69.9 Å². The molecule has 0 N–H and O–H groups in total. The summed E-state index contributed by atoms with van der Waals surface area (Å²) in [4.78, 5) is 18.5. The van der Waals surface area contributed by atoms with Gasteiger partial charge in [-0.25, -0.2) is 0 Å². The van der Waals surface area contributed by atoms with Crippen LogP contribution in [0, 0.1) is 11.8 Å². The third-order valence-electron chi connectivity index (χ3n) is 8.06. The Balaban J connectivity index is 1.43. The molecule has 1 aliphatic carbocycles. The van der Waals surface area contributed by atoms with Gasteiger partial charge in [-0.2, -0.15) is 0 Å². The number of fused-ring (bicyclic) bond motifs is 1. The lowest BCUT2D eigenvalue weighted by Gasteiger charge is -2.43. The number of carbonyl (C=O) groups is 1. The second kappa shape index (κ2) is 8.39. The van der Waals surface area contributed by atoms with Gasteiger partial charge in [0.1, 0.15) is 0 Å². The van der Waals surface area contributed by atoms with E-state index in [2.05, 4.69) is 34.1 Å². The molecule has 1 aromatic rings. The molecule has 1 saturated carbocycles. The highest BCUT2D eigenvalue weighted by molar-refractivity contribution is 5.79. The lowest BCUT2D eigenvalue weighted by atomic mass is 9.86. The second-order valence-corrected chi connectivity index (χ2v) is 9.95. The van der Waals surface area contributed by atoms with E-state index in [1.165, 1.54) is 62.7 Å². The van der Waals surface area contributed by atoms with Gasteiger partial charge >= 0.3 is 0 Å². The fourth-order valence-corrected chi connectivity index (χ4v) is 6.40. The van der Waals surface area contributed by atoms with Gasteiger partial charge in [0.05, 0.1) is 0 Å². The third-order valence-corrected chi connectivity index (χ3v) is 8.06. The van der Waals surface area contributed by atoms with Gasteiger partial charge in [-0.05, 0) is 68.5 Å². The first kappa shape index (κ1) is 19.6. The first-order valence-corrected chi connectivity index (χ1v) is 11.9. The standard InChI is InChI=1S/C25H36N2O2/c28-24(21-6-1-2-7-21)26-18-23-9-4-3-8-22(23)16-25(19-26)12-5-13-27(25)17-20-10-14-29-15-11-20/h3-4,8-9,20-21H,1-2,5-7,10-19H2. The molecule has 1 spiro atoms. The molecule has 4 nitrogen and oxygen atoms in total. The number of carbonyl (C=O) groups excluding carboxylic acids is 1. The number of nitrogens with zero attached hydrogens (tertiary/aromatic N) is 2. The van der Waals surface area contributed by atoms with Gasteiger partial charge in [0.25, 0.3) is 0 Å². The number of hydrogen-bond donors (Lipinski definition) is 0. The highest BCUT2D eigenvalue weighted by atomic mass is 16.5. The highest BCUT2D eigenvalue weighted by Crippen LogP contribution is 2.39. The molecular formula is C25H36N2O2. The maximum absolute atomic E-state index is 13.5. The minimum Gasteiger partial charge on any atom is -0.381 e. The Kier molecular flexibility index (Phi) is 5.66. The molecule has 5 rings (SSSR count). The Bertz CT molecular complexity index is 723. The summed E-state index contributed by atoms with van der Waals surface area (Å²) in [7, 11) is 0. The average molecular weight is 397 g/mol. The number of likely N-dealkylation sites (tertiary alicyclic amines) is 1. The van der Waals surface area contributed by atoms with Gasteiger partial charge in [0.2, 0.25) is 5.91 Å². The van der Waals surface area contributed by atoms with E-state index in [0.29, 0.717) is 5.91 Å². The van der Waals surface area contributed by atoms with E-state index in [-0.39, 0.29) is 11.5 Å². The maximum atomic E-state index is 13.5. The first-order valence-electron chi connectivity index (χ1n) is 11.9. The minimum atomic E-state index is 0.124. The zero-order valence-electron chi connectivity index (χ0n) is 17.8. The Morgan fingerprint density at radius 1 is 1.03 bits per heavy atom. The van der Waals surface area contributed by atoms with E-state index in [9.17, 15) is 4.79 Å². The largest absolute Gasteiger partial charge is 0.381 e. The summed E-state index contributed by atoms with van der Waals surface area (Å²) in [6.45, 7) is 5.92. The van der Waals surface area contributed by atoms with Crippen LogP contribution in [-0.2, 0) is 22.5 Å². The van der Waals surface area contributed by atoms with E-state index in [0.717, 1.165) is 51.5 Å². The minimum absolute atomic E-state index is 0.124. The summed E-state index contributed by atoms with van der Waals surface area (Å²) in [5.74, 6) is 1.44. The lowest BCUT2D eigenvalue weighted by molar-refractivity contribution is -0.137. The molecule has 1 atom stereocenters. The van der Waals surface area contributed by atoms with Crippen LogP contribution >= 0.6 is 0 Å². The van der Waals surface area contributed by atoms with Crippen molar-refractivity contribution in [1.29, 1.82) is 0 Å². The smallest absolute Gasteiger partial charge is 0.226 e. The SMILES string of the molecule is O=C(C1CCCC1)N1Cc2ccccc2CC2(CCCN2CC2CCOCC2)C1. The molecule has 1 unspecified atom stereocenters. The molecule has 4 aliphatic rings. The van der Waals surface area contributed by atoms with Crippen molar-refractivity contribution in [3.05, 3.63) is 35.4 Å². The van der Waals surface area contributed by atoms with E-state index in [1.807, 2.05) is 0 Å². The van der Waals surface area contributed by atoms with Gasteiger partial charge in [-0.1, -0.05) is 37.1 Å². The summed E-state index contributed by atoms with van der Waals surface area (Å²) in [5.41, 5.74) is 2.96. The number of ether oxygens (including phenoxy) is 1. The zero-order chi connectivity index (χ0) is 19.7. The molecule has 2 saturated heterocycles. The number of hydrogen-bond acceptors (Lipinski definition) is 3. The van der Waals surface area contributed by atoms with Gasteiger partial charge in [0, 0.05) is 44.3 Å². The quantitative estimate of drug-likeness (QED) is 0.774. The molecule has 0 bridgehead atoms. The summed E-state index contributed by atoms with van der Waals surface area (Å²) >= 11 is 0. The second-order valence-electron chi connectivity index (χ2n) is 9.95. The van der Waals surface area contributed by atoms with Crippen molar-refractivity contribution in [2.75, 3.05) is 32.8 Å². The van der Waals surface area contributed by atoms with Crippen LogP contribution < -0.4 is 0 Å². The lowest BCUT2D eigenvalue weighted by Crippen LogP contribution is -2.55. The molecule has 4 heteroatoms. The summed E-state index contributed by atoms with van der Waals surface area (Å²) in [6, 6.07) is 8.88. The average Bonchev–Trinajstić information content (AvgIpc) is 3.36. The molecule has 3 aliphatic heterocycles. The van der Waals surface area contributed by atoms with Crippen LogP contribution in [0.2, 0.25) is 0 Å². The normalized spacial score (nSPS) is 29.3. The molecule has 3 heterocycles. The zero-order valence-corrected chi connectivity index (χ0v) is 17.8. The molecule has 3 fully saturated rings. The molecule has 29 heavy (non-hydrogen) atoms. The molecule has 1 amide bonds. The van der Waals surface area contributed by atoms with Crippen molar-refractivity contribution in [2.24, 2.45) is 11.8 Å². The fourth-order valence-electron chi connectivity index (χ4n) is 6.40. The van der Waals surface area contributed by atoms with Gasteiger partial charge in [-0.3, -0.25) is 9.69 Å². The fraction of sp³-hybridized carbons (Fsp3) is 0.720. The highest BCUT2D eigenvalue weighted by Gasteiger charge is 2.46. The summed E-state index contributed by atoms with van der Waals surface area (Å²) in [6.07, 6.45) is 10.6. The van der Waals surface area contributed by atoms with Crippen molar-refractivity contribution < 1.29 is 9.53 Å². The van der Waals surface area contributed by atoms with Crippen molar-refractivity contribution >= 4 is 5.91 Å². The van der Waals surface area contributed by atoms with Crippen molar-refractivity contribution in [3.8, 4) is 0 Å². The third kappa shape index (κ3) is 3.98. The van der Waals surface area contributed by atoms with Gasteiger partial charge < -0.3 is 9.64 Å². The topological polar surface area (TPSA) is 32.8 Å². The van der Waals surface area contributed by atoms with E-state index >= 15 is 0 Å². The Morgan fingerprint density at radius 2 is 1.79 bits per heavy atom. The molecule has 158 valence electrons. The predicted molar refractivity (Wildman–Crippen MR) is 115 cm³/mol. The van der Waals surface area contributed by atoms with Crippen LogP contribution in [0.1, 0.15) is 62.5 Å². The summed E-state index contributed by atoms with van der Waals surface area (Å²) < 4.78 is 5.60. The van der Waals surface area contributed by atoms with E-state index in [1.54, 1.807) is 0 Å². The molecule has 0 aromatic heterocycles. The van der Waals surface area contributed by atoms with E-state index < -0.39 is 0 Å². The molecule has 0 radical (unpaired) electrons. The molecule has 1 aromatic carbocycles.